The summed E-state index contributed by atoms with van der Waals surface area (Å²) >= 11 is 0. The molecule has 1 saturated heterocycles. The summed E-state index contributed by atoms with van der Waals surface area (Å²) in [6.07, 6.45) is 5.11. The molecule has 4 heterocycles. The number of anilines is 1. The molecule has 3 aromatic heterocycles. The Morgan fingerprint density at radius 3 is 2.88 bits per heavy atom. The van der Waals surface area contributed by atoms with E-state index in [-0.39, 0.29) is 12.1 Å². The zero-order valence-electron chi connectivity index (χ0n) is 18.8. The SMILES string of the molecule is COc1ncc(F)cc1[C@H]1CCCN1c1ccc2ncn(C(=O)NCCc3ccccc3)c2n1. The Bertz CT molecular complexity index is 1310. The molecule has 1 atom stereocenters. The van der Waals surface area contributed by atoms with Crippen molar-refractivity contribution in [1.29, 1.82) is 0 Å². The summed E-state index contributed by atoms with van der Waals surface area (Å²) in [6.45, 7) is 1.25. The number of fused-ring (bicyclic) bond motifs is 1. The highest BCUT2D eigenvalue weighted by Gasteiger charge is 2.31. The molecule has 0 radical (unpaired) electrons. The van der Waals surface area contributed by atoms with Crippen LogP contribution in [0, 0.1) is 5.82 Å². The second kappa shape index (κ2) is 9.46. The molecule has 1 N–H and O–H groups in total. The zero-order valence-corrected chi connectivity index (χ0v) is 18.8. The Labute approximate surface area is 196 Å². The van der Waals surface area contributed by atoms with Crippen molar-refractivity contribution in [2.45, 2.75) is 25.3 Å². The number of aromatic nitrogens is 4. The molecule has 0 spiro atoms. The molecule has 0 aliphatic carbocycles. The van der Waals surface area contributed by atoms with Gasteiger partial charge in [-0.05, 0) is 43.0 Å². The van der Waals surface area contributed by atoms with Gasteiger partial charge >= 0.3 is 6.03 Å². The quantitative estimate of drug-likeness (QED) is 0.466. The third kappa shape index (κ3) is 4.28. The molecule has 1 fully saturated rings. The van der Waals surface area contributed by atoms with Crippen LogP contribution >= 0.6 is 0 Å². The summed E-state index contributed by atoms with van der Waals surface area (Å²) in [5.41, 5.74) is 2.95. The summed E-state index contributed by atoms with van der Waals surface area (Å²) in [5, 5.41) is 2.93. The van der Waals surface area contributed by atoms with Crippen molar-refractivity contribution in [3.63, 3.8) is 0 Å². The fourth-order valence-electron chi connectivity index (χ4n) is 4.45. The van der Waals surface area contributed by atoms with E-state index in [1.807, 2.05) is 42.5 Å². The molecule has 174 valence electrons. The fraction of sp³-hybridized carbons (Fsp3) is 0.280. The third-order valence-electron chi connectivity index (χ3n) is 6.08. The number of imidazole rings is 1. The minimum Gasteiger partial charge on any atom is -0.481 e. The lowest BCUT2D eigenvalue weighted by molar-refractivity contribution is 0.243. The molecule has 9 heteroatoms. The van der Waals surface area contributed by atoms with Crippen molar-refractivity contribution in [2.75, 3.05) is 25.1 Å². The zero-order chi connectivity index (χ0) is 23.5. The van der Waals surface area contributed by atoms with Crippen LogP contribution in [-0.2, 0) is 6.42 Å². The fourth-order valence-corrected chi connectivity index (χ4v) is 4.45. The topological polar surface area (TPSA) is 85.2 Å². The molecule has 1 aliphatic heterocycles. The first-order valence-electron chi connectivity index (χ1n) is 11.3. The van der Waals surface area contributed by atoms with Crippen molar-refractivity contribution in [3.05, 3.63) is 78.0 Å². The number of hydrogen-bond acceptors (Lipinski definition) is 6. The van der Waals surface area contributed by atoms with Crippen LogP contribution in [0.5, 0.6) is 5.88 Å². The first kappa shape index (κ1) is 21.8. The van der Waals surface area contributed by atoms with E-state index in [4.69, 9.17) is 9.72 Å². The molecule has 1 aliphatic rings. The molecule has 0 bridgehead atoms. The lowest BCUT2D eigenvalue weighted by Crippen LogP contribution is -2.30. The van der Waals surface area contributed by atoms with Crippen LogP contribution in [-0.4, -0.2) is 45.7 Å². The second-order valence-electron chi connectivity index (χ2n) is 8.20. The van der Waals surface area contributed by atoms with Gasteiger partial charge in [0.15, 0.2) is 5.65 Å². The van der Waals surface area contributed by atoms with Crippen molar-refractivity contribution < 1.29 is 13.9 Å². The minimum atomic E-state index is -0.406. The largest absolute Gasteiger partial charge is 0.481 e. The molecule has 1 aromatic carbocycles. The first-order chi connectivity index (χ1) is 16.6. The van der Waals surface area contributed by atoms with E-state index >= 15 is 0 Å². The summed E-state index contributed by atoms with van der Waals surface area (Å²) in [5.74, 6) is 0.693. The van der Waals surface area contributed by atoms with Gasteiger partial charge in [0.2, 0.25) is 5.88 Å². The van der Waals surface area contributed by atoms with Gasteiger partial charge in [-0.25, -0.2) is 28.7 Å². The maximum atomic E-state index is 14.0. The Kier molecular flexibility index (Phi) is 6.07. The lowest BCUT2D eigenvalue weighted by atomic mass is 10.1. The van der Waals surface area contributed by atoms with Crippen LogP contribution in [0.1, 0.15) is 30.0 Å². The van der Waals surface area contributed by atoms with Crippen molar-refractivity contribution in [2.24, 2.45) is 0 Å². The smallest absolute Gasteiger partial charge is 0.328 e. The predicted octanol–water partition coefficient (Wildman–Crippen LogP) is 4.12. The number of carbonyl (C=O) groups excluding carboxylic acids is 1. The normalized spacial score (nSPS) is 15.6. The summed E-state index contributed by atoms with van der Waals surface area (Å²) in [7, 11) is 1.53. The van der Waals surface area contributed by atoms with E-state index in [1.165, 1.54) is 24.1 Å². The number of pyridine rings is 2. The summed E-state index contributed by atoms with van der Waals surface area (Å²) in [6, 6.07) is 14.8. The average Bonchev–Trinajstić information content (AvgIpc) is 3.51. The highest BCUT2D eigenvalue weighted by Crippen LogP contribution is 2.39. The summed E-state index contributed by atoms with van der Waals surface area (Å²) in [4.78, 5) is 28.1. The predicted molar refractivity (Wildman–Crippen MR) is 127 cm³/mol. The third-order valence-corrected chi connectivity index (χ3v) is 6.08. The number of benzene rings is 1. The van der Waals surface area contributed by atoms with Gasteiger partial charge in [0, 0.05) is 18.7 Å². The van der Waals surface area contributed by atoms with Crippen molar-refractivity contribution >= 4 is 23.0 Å². The maximum absolute atomic E-state index is 14.0. The van der Waals surface area contributed by atoms with E-state index in [1.54, 1.807) is 0 Å². The number of methoxy groups -OCH3 is 1. The van der Waals surface area contributed by atoms with Gasteiger partial charge in [-0.3, -0.25) is 0 Å². The van der Waals surface area contributed by atoms with Crippen LogP contribution < -0.4 is 15.0 Å². The van der Waals surface area contributed by atoms with Crippen LogP contribution in [0.4, 0.5) is 15.0 Å². The number of halogens is 1. The Morgan fingerprint density at radius 2 is 2.06 bits per heavy atom. The number of nitrogens with zero attached hydrogens (tertiary/aromatic N) is 5. The number of nitrogens with one attached hydrogen (secondary N) is 1. The highest BCUT2D eigenvalue weighted by atomic mass is 19.1. The molecule has 0 saturated carbocycles. The number of rotatable bonds is 6. The van der Waals surface area contributed by atoms with Gasteiger partial charge in [0.1, 0.15) is 23.5 Å². The Hall–Kier alpha value is -4.01. The van der Waals surface area contributed by atoms with Gasteiger partial charge in [0.25, 0.3) is 0 Å². The molecule has 1 amide bonds. The number of hydrogen-bond donors (Lipinski definition) is 1. The molecule has 34 heavy (non-hydrogen) atoms. The molecule has 5 rings (SSSR count). The highest BCUT2D eigenvalue weighted by molar-refractivity contribution is 5.87. The van der Waals surface area contributed by atoms with E-state index in [9.17, 15) is 9.18 Å². The van der Waals surface area contributed by atoms with Crippen molar-refractivity contribution in [3.8, 4) is 5.88 Å². The van der Waals surface area contributed by atoms with Gasteiger partial charge in [-0.2, -0.15) is 0 Å². The van der Waals surface area contributed by atoms with E-state index < -0.39 is 5.82 Å². The van der Waals surface area contributed by atoms with E-state index in [0.717, 1.165) is 37.6 Å². The number of ether oxygens (including phenoxy) is 1. The maximum Gasteiger partial charge on any atom is 0.328 e. The Balaban J connectivity index is 1.38. The summed E-state index contributed by atoms with van der Waals surface area (Å²) < 4.78 is 20.8. The minimum absolute atomic E-state index is 0.126. The van der Waals surface area contributed by atoms with Crippen LogP contribution in [0.25, 0.3) is 11.2 Å². The van der Waals surface area contributed by atoms with Crippen LogP contribution in [0.15, 0.2) is 61.1 Å². The van der Waals surface area contributed by atoms with Gasteiger partial charge in [-0.15, -0.1) is 0 Å². The number of carbonyl (C=O) groups is 1. The standard InChI is InChI=1S/C25H25FN6O2/c1-34-24-19(14-18(26)15-28-24)21-8-5-13-31(21)22-10-9-20-23(30-22)32(16-29-20)25(33)27-12-11-17-6-3-2-4-7-17/h2-4,6-7,9-10,14-16,21H,5,8,11-13H2,1H3,(H,27,33)/t21-/m1/s1. The first-order valence-corrected chi connectivity index (χ1v) is 11.3. The molecular formula is C25H25FN6O2. The van der Waals surface area contributed by atoms with E-state index in [0.29, 0.717) is 35.0 Å². The van der Waals surface area contributed by atoms with Crippen molar-refractivity contribution in [1.82, 2.24) is 24.8 Å². The molecule has 0 unspecified atom stereocenters. The lowest BCUT2D eigenvalue weighted by Gasteiger charge is -2.27. The van der Waals surface area contributed by atoms with Crippen LogP contribution in [0.3, 0.4) is 0 Å². The van der Waals surface area contributed by atoms with E-state index in [2.05, 4.69) is 20.2 Å². The Morgan fingerprint density at radius 1 is 1.21 bits per heavy atom. The van der Waals surface area contributed by atoms with Gasteiger partial charge in [0.05, 0.1) is 19.3 Å². The monoisotopic (exact) mass is 460 g/mol. The molecular weight excluding hydrogens is 435 g/mol. The van der Waals surface area contributed by atoms with Gasteiger partial charge < -0.3 is 15.0 Å². The molecule has 8 nitrogen and oxygen atoms in total. The number of amides is 1. The second-order valence-corrected chi connectivity index (χ2v) is 8.20. The molecule has 4 aromatic rings. The van der Waals surface area contributed by atoms with Gasteiger partial charge in [-0.1, -0.05) is 30.3 Å². The average molecular weight is 461 g/mol. The van der Waals surface area contributed by atoms with Crippen LogP contribution in [0.2, 0.25) is 0 Å².